The summed E-state index contributed by atoms with van der Waals surface area (Å²) in [6.07, 6.45) is 8.28. The smallest absolute Gasteiger partial charge is 0.354 e. The van der Waals surface area contributed by atoms with Gasteiger partial charge < -0.3 is 24.8 Å². The molecule has 1 aromatic carbocycles. The Bertz CT molecular complexity index is 1130. The minimum absolute atomic E-state index is 0.0161. The number of anilines is 2. The first kappa shape index (κ1) is 21.3. The van der Waals surface area contributed by atoms with E-state index in [9.17, 15) is 4.79 Å². The molecule has 0 bridgehead atoms. The zero-order valence-electron chi connectivity index (χ0n) is 18.2. The van der Waals surface area contributed by atoms with Crippen LogP contribution in [0, 0.1) is 0 Å². The predicted molar refractivity (Wildman–Crippen MR) is 122 cm³/mol. The minimum atomic E-state index is -1.06. The van der Waals surface area contributed by atoms with Crippen molar-refractivity contribution in [3.05, 3.63) is 42.6 Å². The van der Waals surface area contributed by atoms with E-state index in [0.717, 1.165) is 61.2 Å². The molecule has 2 fully saturated rings. The summed E-state index contributed by atoms with van der Waals surface area (Å²) in [5.74, 6) is 0.235. The van der Waals surface area contributed by atoms with Gasteiger partial charge in [-0.25, -0.2) is 19.7 Å². The van der Waals surface area contributed by atoms with Crippen LogP contribution in [0.15, 0.2) is 36.9 Å². The van der Waals surface area contributed by atoms with E-state index < -0.39 is 5.97 Å². The van der Waals surface area contributed by atoms with Gasteiger partial charge in [0.15, 0.2) is 5.69 Å². The van der Waals surface area contributed by atoms with Crippen LogP contribution < -0.4 is 15.0 Å². The van der Waals surface area contributed by atoms with E-state index >= 15 is 0 Å². The van der Waals surface area contributed by atoms with Crippen LogP contribution in [0.4, 0.5) is 11.5 Å². The van der Waals surface area contributed by atoms with Crippen molar-refractivity contribution < 1.29 is 19.4 Å². The van der Waals surface area contributed by atoms with Crippen LogP contribution in [-0.2, 0) is 4.74 Å². The number of ether oxygens (including phenoxy) is 2. The summed E-state index contributed by atoms with van der Waals surface area (Å²) in [4.78, 5) is 30.4. The van der Waals surface area contributed by atoms with Crippen LogP contribution in [0.3, 0.4) is 0 Å². The van der Waals surface area contributed by atoms with Gasteiger partial charge in [-0.15, -0.1) is 0 Å². The molecule has 2 aromatic heterocycles. The van der Waals surface area contributed by atoms with Gasteiger partial charge in [0.05, 0.1) is 24.8 Å². The maximum atomic E-state index is 11.1. The van der Waals surface area contributed by atoms with E-state index in [2.05, 4.69) is 42.3 Å². The molecule has 3 heterocycles. The molecule has 0 radical (unpaired) electrons. The Labute approximate surface area is 191 Å². The van der Waals surface area contributed by atoms with E-state index in [0.29, 0.717) is 19.0 Å². The molecule has 1 saturated carbocycles. The van der Waals surface area contributed by atoms with Gasteiger partial charge in [-0.3, -0.25) is 4.98 Å². The summed E-state index contributed by atoms with van der Waals surface area (Å²) in [5.41, 5.74) is 2.66. The lowest BCUT2D eigenvalue weighted by atomic mass is 9.93. The van der Waals surface area contributed by atoms with E-state index in [4.69, 9.17) is 14.6 Å². The third-order valence-electron chi connectivity index (χ3n) is 6.11. The highest BCUT2D eigenvalue weighted by molar-refractivity contribution is 5.86. The van der Waals surface area contributed by atoms with Gasteiger partial charge in [0.2, 0.25) is 0 Å². The van der Waals surface area contributed by atoms with Crippen molar-refractivity contribution in [1.29, 1.82) is 0 Å². The van der Waals surface area contributed by atoms with Crippen molar-refractivity contribution in [2.75, 3.05) is 36.5 Å². The Balaban J connectivity index is 1.26. The molecular weight excluding hydrogens is 424 g/mol. The van der Waals surface area contributed by atoms with Crippen molar-refractivity contribution in [3.63, 3.8) is 0 Å². The number of nitrogens with one attached hydrogen (secondary N) is 1. The molecule has 5 rings (SSSR count). The molecule has 10 heteroatoms. The lowest BCUT2D eigenvalue weighted by molar-refractivity contribution is 0.0690. The van der Waals surface area contributed by atoms with Crippen molar-refractivity contribution in [2.45, 2.75) is 37.8 Å². The van der Waals surface area contributed by atoms with Gasteiger partial charge >= 0.3 is 5.97 Å². The zero-order chi connectivity index (χ0) is 22.6. The van der Waals surface area contributed by atoms with Crippen LogP contribution >= 0.6 is 0 Å². The Morgan fingerprint density at radius 1 is 1.03 bits per heavy atom. The fraction of sp³-hybridized carbons (Fsp3) is 0.435. The molecule has 172 valence electrons. The second-order valence-electron chi connectivity index (χ2n) is 8.30. The van der Waals surface area contributed by atoms with Gasteiger partial charge in [-0.05, 0) is 31.7 Å². The highest BCUT2D eigenvalue weighted by Crippen LogP contribution is 2.33. The summed E-state index contributed by atoms with van der Waals surface area (Å²) in [5, 5.41) is 12.4. The minimum Gasteiger partial charge on any atom is -0.488 e. The number of hydrogen-bond donors (Lipinski definition) is 2. The lowest BCUT2D eigenvalue weighted by Gasteiger charge is -2.31. The number of hydrogen-bond acceptors (Lipinski definition) is 9. The van der Waals surface area contributed by atoms with Gasteiger partial charge in [-0.2, -0.15) is 0 Å². The number of carboxylic acids is 1. The Morgan fingerprint density at radius 3 is 2.61 bits per heavy atom. The number of fused-ring (bicyclic) bond motifs is 1. The van der Waals surface area contributed by atoms with Crippen molar-refractivity contribution >= 4 is 28.5 Å². The van der Waals surface area contributed by atoms with Crippen LogP contribution in [0.2, 0.25) is 0 Å². The SMILES string of the molecule is O=C(O)c1cc(N[C@H]2CC[C@@H](Oc3cc(N4CCOCC4)cc4nccnc34)CC2)ncn1. The lowest BCUT2D eigenvalue weighted by Crippen LogP contribution is -2.36. The third-order valence-corrected chi connectivity index (χ3v) is 6.11. The number of carboxylic acid groups (broad SMARTS) is 1. The Kier molecular flexibility index (Phi) is 6.16. The molecule has 0 spiro atoms. The summed E-state index contributed by atoms with van der Waals surface area (Å²) < 4.78 is 11.9. The highest BCUT2D eigenvalue weighted by atomic mass is 16.5. The standard InChI is InChI=1S/C23H26N6O4/c30-23(31)19-13-21(27-14-26-19)28-15-1-3-17(4-2-15)33-20-12-16(29-7-9-32-10-8-29)11-18-22(20)25-6-5-24-18/h5-6,11-15,17H,1-4,7-10H2,(H,30,31)(H,26,27,28)/t15-,17+. The fourth-order valence-corrected chi connectivity index (χ4v) is 4.39. The average Bonchev–Trinajstić information content (AvgIpc) is 2.86. The normalized spacial score (nSPS) is 21.0. The summed E-state index contributed by atoms with van der Waals surface area (Å²) in [6, 6.07) is 5.81. The fourth-order valence-electron chi connectivity index (χ4n) is 4.39. The molecule has 10 nitrogen and oxygen atoms in total. The molecule has 33 heavy (non-hydrogen) atoms. The van der Waals surface area contributed by atoms with Crippen molar-refractivity contribution in [2.24, 2.45) is 0 Å². The molecule has 0 amide bonds. The monoisotopic (exact) mass is 450 g/mol. The second kappa shape index (κ2) is 9.53. The van der Waals surface area contributed by atoms with Crippen LogP contribution in [0.25, 0.3) is 11.0 Å². The predicted octanol–water partition coefficient (Wildman–Crippen LogP) is 2.76. The maximum Gasteiger partial charge on any atom is 0.354 e. The number of aromatic carboxylic acids is 1. The first-order valence-corrected chi connectivity index (χ1v) is 11.2. The number of carbonyl (C=O) groups is 1. The maximum absolute atomic E-state index is 11.1. The second-order valence-corrected chi connectivity index (χ2v) is 8.30. The number of aromatic nitrogens is 4. The highest BCUT2D eigenvalue weighted by Gasteiger charge is 2.24. The summed E-state index contributed by atoms with van der Waals surface area (Å²) in [6.45, 7) is 3.11. The van der Waals surface area contributed by atoms with E-state index in [-0.39, 0.29) is 17.8 Å². The van der Waals surface area contributed by atoms with E-state index in [1.54, 1.807) is 12.4 Å². The van der Waals surface area contributed by atoms with Gasteiger partial charge in [0.1, 0.15) is 23.4 Å². The molecule has 3 aromatic rings. The number of rotatable bonds is 6. The topological polar surface area (TPSA) is 123 Å². The van der Waals surface area contributed by atoms with Crippen molar-refractivity contribution in [1.82, 2.24) is 19.9 Å². The molecule has 2 aliphatic rings. The number of benzene rings is 1. The summed E-state index contributed by atoms with van der Waals surface area (Å²) >= 11 is 0. The van der Waals surface area contributed by atoms with Crippen LogP contribution in [0.5, 0.6) is 5.75 Å². The molecule has 0 unspecified atom stereocenters. The number of nitrogens with zero attached hydrogens (tertiary/aromatic N) is 5. The van der Waals surface area contributed by atoms with Crippen molar-refractivity contribution in [3.8, 4) is 5.75 Å². The quantitative estimate of drug-likeness (QED) is 0.579. The molecule has 1 saturated heterocycles. The molecule has 2 N–H and O–H groups in total. The third kappa shape index (κ3) is 4.95. The van der Waals surface area contributed by atoms with E-state index in [1.807, 2.05) is 0 Å². The van der Waals surface area contributed by atoms with Gasteiger partial charge in [-0.1, -0.05) is 0 Å². The van der Waals surface area contributed by atoms with Gasteiger partial charge in [0, 0.05) is 49.3 Å². The van der Waals surface area contributed by atoms with Crippen LogP contribution in [0.1, 0.15) is 36.2 Å². The Hall–Kier alpha value is -3.53. The molecule has 0 atom stereocenters. The number of morpholine rings is 1. The van der Waals surface area contributed by atoms with Gasteiger partial charge in [0.25, 0.3) is 0 Å². The molecule has 1 aliphatic heterocycles. The largest absolute Gasteiger partial charge is 0.488 e. The first-order valence-electron chi connectivity index (χ1n) is 11.2. The molecular formula is C23H26N6O4. The summed E-state index contributed by atoms with van der Waals surface area (Å²) in [7, 11) is 0. The molecule has 1 aliphatic carbocycles. The zero-order valence-corrected chi connectivity index (χ0v) is 18.2. The van der Waals surface area contributed by atoms with Crippen LogP contribution in [-0.4, -0.2) is 69.5 Å². The Morgan fingerprint density at radius 2 is 1.82 bits per heavy atom. The average molecular weight is 450 g/mol. The van der Waals surface area contributed by atoms with E-state index in [1.165, 1.54) is 12.4 Å². The first-order chi connectivity index (χ1) is 16.2.